The number of halogens is 6. The maximum absolute atomic E-state index is 8.00. The van der Waals surface area contributed by atoms with Crippen LogP contribution in [0.1, 0.15) is 40.5 Å². The Morgan fingerprint density at radius 3 is 1.19 bits per heavy atom. The van der Waals surface area contributed by atoms with E-state index in [1.165, 1.54) is 0 Å². The molecule has 0 unspecified atom stereocenters. The van der Waals surface area contributed by atoms with E-state index in [0.717, 1.165) is 32.5 Å². The molecule has 4 N–H and O–H groups in total. The summed E-state index contributed by atoms with van der Waals surface area (Å²) >= 11 is -5.94. The van der Waals surface area contributed by atoms with Crippen LogP contribution in [0.25, 0.3) is 0 Å². The van der Waals surface area contributed by atoms with E-state index >= 15 is 0 Å². The Morgan fingerprint density at radius 1 is 0.812 bits per heavy atom. The van der Waals surface area contributed by atoms with Gasteiger partial charge in [-0.1, -0.05) is 43.0 Å². The highest BCUT2D eigenvalue weighted by Gasteiger charge is 2.15. The van der Waals surface area contributed by atoms with Crippen LogP contribution in [-0.4, -0.2) is 134 Å². The van der Waals surface area contributed by atoms with Crippen LogP contribution in [0.4, 0.5) is 0 Å². The second-order valence-electron chi connectivity index (χ2n) is 9.42. The van der Waals surface area contributed by atoms with Gasteiger partial charge in [0.2, 0.25) is 0 Å². The SMILES string of the molecule is C.C=CC.C=CCC[OH2+].C=CCC[O][Al]([CH3])[Cl].C=O.C=[OH+].C=[OH+].C[CH+]CC[O][Al-]([CH3])([CH3])[Cl].[CH3][Al-]([CH3])[Cl].[CH3][Al-]([CH3])[Cl].[CH3][Al-]([CH3])[Cl].[CH3][Al]([CH3])[Cl]. The number of rotatable bonds is 10. The van der Waals surface area contributed by atoms with Crippen molar-refractivity contribution in [2.24, 2.45) is 0 Å². The van der Waals surface area contributed by atoms with Crippen molar-refractivity contribution in [2.75, 3.05) is 19.8 Å². The van der Waals surface area contributed by atoms with Crippen LogP contribution < -0.4 is 0 Å². The highest BCUT2D eigenvalue weighted by atomic mass is 35.6. The van der Waals surface area contributed by atoms with E-state index in [1.807, 2.05) is 44.1 Å². The van der Waals surface area contributed by atoms with E-state index < -0.39 is 79.0 Å². The molecule has 0 saturated heterocycles. The molecular weight excluding hydrogens is 831 g/mol. The predicted octanol–water partition coefficient (Wildman–Crippen LogP) is 11.9. The van der Waals surface area contributed by atoms with Crippen LogP contribution in [0.2, 0.25) is 63.6 Å². The molecule has 0 aromatic rings. The predicted molar refractivity (Wildman–Crippen MR) is 247 cm³/mol. The lowest BCUT2D eigenvalue weighted by Crippen LogP contribution is -2.22. The molecule has 0 atom stereocenters. The van der Waals surface area contributed by atoms with Gasteiger partial charge in [0.15, 0.2) is 0 Å². The van der Waals surface area contributed by atoms with Crippen LogP contribution in [-0.2, 0) is 12.4 Å². The first-order valence-corrected chi connectivity index (χ1v) is 39.2. The third-order valence-electron chi connectivity index (χ3n) is 1.94. The van der Waals surface area contributed by atoms with Gasteiger partial charge in [-0.3, -0.25) is 19.6 Å². The zero-order chi connectivity index (χ0) is 40.9. The molecule has 0 aliphatic rings. The summed E-state index contributed by atoms with van der Waals surface area (Å²) in [7, 11) is 33.1. The molecule has 6 nitrogen and oxygen atoms in total. The van der Waals surface area contributed by atoms with Crippen molar-refractivity contribution < 1.29 is 27.1 Å². The number of allylic oxidation sites excluding steroid dienone is 1. The zero-order valence-electron chi connectivity index (χ0n) is 32.1. The molecule has 0 spiro atoms. The molecule has 291 valence electrons. The second kappa shape index (κ2) is 92.6. The Balaban J connectivity index is -0.0000000308. The summed E-state index contributed by atoms with van der Waals surface area (Å²) in [5.74, 6) is 22.5. The number of hydrogen-bond acceptors (Lipinski definition) is 3. The Morgan fingerprint density at radius 2 is 1.06 bits per heavy atom. The van der Waals surface area contributed by atoms with E-state index in [9.17, 15) is 0 Å². The first kappa shape index (κ1) is 83.8. The van der Waals surface area contributed by atoms with Gasteiger partial charge in [0.05, 0.1) is 53.0 Å². The average molecular weight is 907 g/mol. The first-order chi connectivity index (χ1) is 21.6. The summed E-state index contributed by atoms with van der Waals surface area (Å²) < 4.78 is 10.5. The molecule has 0 fully saturated rings. The molecule has 0 aromatic heterocycles. The standard InChI is InChI=1S/2C4H8O.C4H7O.C3H6.3CH2O.CH4.11CH3.6Al.6ClH/c3*1-2-3-4-5;1-3-2;3*1-2;;;;;;;;;;;;;;;;;;;;;;;;/h2H,3-4H2,1H3;2,5H,1,3-4H2;2H,1,3-4H2;3H,1H2,2H3;3*1H2;1H4;11*1H3;;;;;;;6*1H/q;;-1;;;;;;;;;;;;;;;;;;;;2*+1;+2;;;;;;/p-3. The van der Waals surface area contributed by atoms with Gasteiger partial charge < -0.3 is 57.7 Å². The maximum Gasteiger partial charge on any atom is 0.588 e. The average Bonchev–Trinajstić information content (AvgIpc) is 2.92. The summed E-state index contributed by atoms with van der Waals surface area (Å²) in [5.41, 5.74) is 0. The van der Waals surface area contributed by atoms with E-state index in [0.29, 0.717) is 6.61 Å². The molecule has 0 aliphatic carbocycles. The number of hydrogen-bond donors (Lipinski definition) is 0. The fraction of sp³-hybridized carbons (Fsp3) is 0.667. The second-order valence-corrected chi connectivity index (χ2v) is 37.9. The summed E-state index contributed by atoms with van der Waals surface area (Å²) in [4.78, 5) is 21.5. The Bertz CT molecular complexity index is 462. The summed E-state index contributed by atoms with van der Waals surface area (Å²) in [6.07, 6.45) is 10.1. The topological polar surface area (TPSA) is 101 Å². The van der Waals surface area contributed by atoms with Crippen molar-refractivity contribution in [2.45, 2.75) is 104 Å². The van der Waals surface area contributed by atoms with Gasteiger partial charge in [-0.2, -0.15) is 11.6 Å². The number of carbonyl (C=O) groups excluding carboxylic acids is 3. The molecule has 0 amide bonds. The van der Waals surface area contributed by atoms with Crippen molar-refractivity contribution in [3.05, 3.63) is 44.4 Å². The van der Waals surface area contributed by atoms with Crippen LogP contribution >= 0.6 is 60.3 Å². The molecule has 0 heterocycles. The van der Waals surface area contributed by atoms with Crippen molar-refractivity contribution in [1.82, 2.24) is 0 Å². The minimum absolute atomic E-state index is 0. The normalized spacial score (nSPS) is 7.73. The van der Waals surface area contributed by atoms with Crippen LogP contribution in [0.5, 0.6) is 0 Å². The molecule has 0 rings (SSSR count). The minimum Gasteiger partial charge on any atom is -0.644 e. The molecule has 0 aliphatic heterocycles. The van der Waals surface area contributed by atoms with Crippen molar-refractivity contribution in [1.29, 1.82) is 0 Å². The maximum atomic E-state index is 8.00. The zero-order valence-corrected chi connectivity index (χ0v) is 43.6. The lowest BCUT2D eigenvalue weighted by molar-refractivity contribution is -0.0980. The first-order valence-electron chi connectivity index (χ1n) is 15.1. The molecule has 3 radical (unpaired) electrons. The molecule has 48 heavy (non-hydrogen) atoms. The van der Waals surface area contributed by atoms with Gasteiger partial charge in [-0.15, -0.1) is 19.7 Å². The molecule has 0 aromatic carbocycles. The molecule has 0 bridgehead atoms. The van der Waals surface area contributed by atoms with Crippen molar-refractivity contribution in [3.63, 3.8) is 0 Å². The highest BCUT2D eigenvalue weighted by molar-refractivity contribution is 7.15. The third-order valence-corrected chi connectivity index (χ3v) is 4.42. The van der Waals surface area contributed by atoms with Gasteiger partial charge >= 0.3 is 39.3 Å². The van der Waals surface area contributed by atoms with Gasteiger partial charge in [0.25, 0.3) is 13.6 Å². The summed E-state index contributed by atoms with van der Waals surface area (Å²) in [6, 6.07) is 0. The summed E-state index contributed by atoms with van der Waals surface area (Å²) in [6.45, 7) is 22.8. The third kappa shape index (κ3) is 443. The lowest BCUT2D eigenvalue weighted by atomic mass is 10.4. The summed E-state index contributed by atoms with van der Waals surface area (Å²) in [5, 5.41) is 6.53. The fourth-order valence-corrected chi connectivity index (χ4v) is 2.57. The van der Waals surface area contributed by atoms with Crippen LogP contribution in [0.3, 0.4) is 0 Å². The molecular formula is C30H75Al6Cl6O6. The fourth-order valence-electron chi connectivity index (χ4n) is 0.882. The van der Waals surface area contributed by atoms with Gasteiger partial charge in [0, 0.05) is 19.6 Å². The largest absolute Gasteiger partial charge is 0.644 e. The van der Waals surface area contributed by atoms with Gasteiger partial charge in [0.1, 0.15) is 19.8 Å². The van der Waals surface area contributed by atoms with Crippen molar-refractivity contribution >= 4 is 160 Å². The van der Waals surface area contributed by atoms with Crippen LogP contribution in [0, 0.1) is 6.42 Å². The lowest BCUT2D eigenvalue weighted by Gasteiger charge is -2.19. The Labute approximate surface area is 350 Å². The monoisotopic (exact) mass is 903 g/mol. The van der Waals surface area contributed by atoms with E-state index in [-0.39, 0.29) is 7.43 Å². The van der Waals surface area contributed by atoms with E-state index in [1.54, 1.807) is 12.2 Å². The molecule has 0 saturated carbocycles. The Hall–Kier alpha value is 2.91. The highest BCUT2D eigenvalue weighted by Crippen LogP contribution is 2.09. The molecule has 18 heteroatoms. The van der Waals surface area contributed by atoms with Gasteiger partial charge in [-0.25, -0.2) is 44.8 Å². The Kier molecular flexibility index (Phi) is 162. The van der Waals surface area contributed by atoms with Crippen LogP contribution in [0.15, 0.2) is 38.0 Å². The number of unbranched alkanes of at least 4 members (excludes halogenated alkanes) is 1. The van der Waals surface area contributed by atoms with E-state index in [4.69, 9.17) is 87.4 Å². The smallest absolute Gasteiger partial charge is 0.588 e. The van der Waals surface area contributed by atoms with Crippen molar-refractivity contribution in [3.8, 4) is 0 Å². The van der Waals surface area contributed by atoms with Gasteiger partial charge in [-0.05, 0) is 13.3 Å². The quantitative estimate of drug-likeness (QED) is 0.0717. The number of carbonyl (C=O) groups is 1. The minimum atomic E-state index is -1.99. The van der Waals surface area contributed by atoms with E-state index in [2.05, 4.69) is 86.0 Å².